The number of rotatable bonds is 5. The number of hydrogen-bond donors (Lipinski definition) is 1. The van der Waals surface area contributed by atoms with Gasteiger partial charge in [0.2, 0.25) is 0 Å². The summed E-state index contributed by atoms with van der Waals surface area (Å²) >= 11 is 5.56. The summed E-state index contributed by atoms with van der Waals surface area (Å²) in [5.74, 6) is 0. The first-order chi connectivity index (χ1) is 10.3. The fourth-order valence-corrected chi connectivity index (χ4v) is 4.30. The molecule has 0 saturated carbocycles. The van der Waals surface area contributed by atoms with E-state index in [0.717, 1.165) is 13.1 Å². The largest absolute Gasteiger partial charge is 0.313 e. The first-order valence-corrected chi connectivity index (χ1v) is 9.16. The maximum Gasteiger partial charge on any atom is 0.0318 e. The third kappa shape index (κ3) is 3.71. The van der Waals surface area contributed by atoms with Gasteiger partial charge in [-0.25, -0.2) is 0 Å². The molecule has 0 spiro atoms. The zero-order valence-electron chi connectivity index (χ0n) is 12.3. The zero-order valence-corrected chi connectivity index (χ0v) is 14.7. The normalized spacial score (nSPS) is 13.4. The lowest BCUT2D eigenvalue weighted by atomic mass is 10.1. The van der Waals surface area contributed by atoms with E-state index in [0.29, 0.717) is 0 Å². The van der Waals surface area contributed by atoms with Gasteiger partial charge in [-0.05, 0) is 82.7 Å². The summed E-state index contributed by atoms with van der Waals surface area (Å²) < 4.78 is 1.18. The summed E-state index contributed by atoms with van der Waals surface area (Å²) in [4.78, 5) is 2.63. The lowest BCUT2D eigenvalue weighted by molar-refractivity contribution is 0.726. The van der Waals surface area contributed by atoms with Crippen LogP contribution in [0.2, 0.25) is 0 Å². The van der Waals surface area contributed by atoms with E-state index in [-0.39, 0.29) is 0 Å². The second-order valence-electron chi connectivity index (χ2n) is 5.43. The van der Waals surface area contributed by atoms with Gasteiger partial charge in [-0.15, -0.1) is 0 Å². The average molecular weight is 362 g/mol. The van der Waals surface area contributed by atoms with Gasteiger partial charge >= 0.3 is 0 Å². The molecule has 0 heterocycles. The highest BCUT2D eigenvalue weighted by Gasteiger charge is 2.12. The number of hydrogen-bond acceptors (Lipinski definition) is 2. The van der Waals surface area contributed by atoms with Crippen molar-refractivity contribution in [2.75, 3.05) is 6.54 Å². The molecule has 0 unspecified atom stereocenters. The Morgan fingerprint density at radius 1 is 1.10 bits per heavy atom. The van der Waals surface area contributed by atoms with Gasteiger partial charge in [0.05, 0.1) is 0 Å². The summed E-state index contributed by atoms with van der Waals surface area (Å²) in [6, 6.07) is 13.6. The Hall–Kier alpha value is -0.770. The highest BCUT2D eigenvalue weighted by atomic mass is 79.9. The first kappa shape index (κ1) is 15.1. The molecule has 0 fully saturated rings. The van der Waals surface area contributed by atoms with E-state index in [1.807, 2.05) is 11.8 Å². The Morgan fingerprint density at radius 2 is 1.95 bits per heavy atom. The summed E-state index contributed by atoms with van der Waals surface area (Å²) in [6.07, 6.45) is 3.81. The monoisotopic (exact) mass is 361 g/mol. The van der Waals surface area contributed by atoms with Crippen molar-refractivity contribution in [2.45, 2.75) is 42.5 Å². The van der Waals surface area contributed by atoms with Crippen LogP contribution in [0.25, 0.3) is 0 Å². The zero-order chi connectivity index (χ0) is 14.7. The maximum absolute atomic E-state index is 3.71. The lowest BCUT2D eigenvalue weighted by Crippen LogP contribution is -2.11. The fourth-order valence-electron chi connectivity index (χ4n) is 2.75. The molecule has 0 aromatic heterocycles. The first-order valence-electron chi connectivity index (χ1n) is 7.55. The second kappa shape index (κ2) is 6.99. The molecule has 1 aliphatic rings. The second-order valence-corrected chi connectivity index (χ2v) is 7.40. The minimum absolute atomic E-state index is 0.929. The van der Waals surface area contributed by atoms with Crippen LogP contribution in [0.3, 0.4) is 0 Å². The molecule has 0 aliphatic heterocycles. The van der Waals surface area contributed by atoms with E-state index in [1.54, 1.807) is 11.1 Å². The van der Waals surface area contributed by atoms with Crippen LogP contribution in [0.4, 0.5) is 0 Å². The summed E-state index contributed by atoms with van der Waals surface area (Å²) in [5, 5.41) is 3.36. The quantitative estimate of drug-likeness (QED) is 0.785. The van der Waals surface area contributed by atoms with Crippen molar-refractivity contribution < 1.29 is 0 Å². The van der Waals surface area contributed by atoms with Gasteiger partial charge in [-0.3, -0.25) is 0 Å². The summed E-state index contributed by atoms with van der Waals surface area (Å²) in [6.45, 7) is 4.06. The van der Waals surface area contributed by atoms with Gasteiger partial charge in [-0.2, -0.15) is 0 Å². The standard InChI is InChI=1S/C18H20BrNS/c1-2-20-12-13-6-9-18(17(19)10-13)21-16-8-7-14-4-3-5-15(14)11-16/h6-11,20H,2-5,12H2,1H3. The van der Waals surface area contributed by atoms with Crippen molar-refractivity contribution in [3.63, 3.8) is 0 Å². The Kier molecular flexibility index (Phi) is 5.04. The Balaban J connectivity index is 1.75. The lowest BCUT2D eigenvalue weighted by Gasteiger charge is -2.09. The highest BCUT2D eigenvalue weighted by Crippen LogP contribution is 2.36. The van der Waals surface area contributed by atoms with Gasteiger partial charge in [0.1, 0.15) is 0 Å². The molecule has 1 nitrogen and oxygen atoms in total. The van der Waals surface area contributed by atoms with Crippen LogP contribution in [-0.4, -0.2) is 6.54 Å². The number of benzene rings is 2. The van der Waals surface area contributed by atoms with E-state index in [2.05, 4.69) is 64.6 Å². The third-order valence-electron chi connectivity index (χ3n) is 3.87. The molecule has 1 aliphatic carbocycles. The Labute approximate surface area is 139 Å². The minimum Gasteiger partial charge on any atom is -0.313 e. The molecule has 2 aromatic rings. The smallest absolute Gasteiger partial charge is 0.0318 e. The fraction of sp³-hybridized carbons (Fsp3) is 0.333. The van der Waals surface area contributed by atoms with Crippen LogP contribution >= 0.6 is 27.7 Å². The van der Waals surface area contributed by atoms with Crippen molar-refractivity contribution >= 4 is 27.7 Å². The van der Waals surface area contributed by atoms with Crippen LogP contribution in [0.15, 0.2) is 50.7 Å². The van der Waals surface area contributed by atoms with Crippen molar-refractivity contribution in [1.29, 1.82) is 0 Å². The van der Waals surface area contributed by atoms with Crippen LogP contribution in [0.1, 0.15) is 30.0 Å². The van der Waals surface area contributed by atoms with Gasteiger partial charge in [-0.1, -0.05) is 30.8 Å². The van der Waals surface area contributed by atoms with Crippen LogP contribution < -0.4 is 5.32 Å². The number of fused-ring (bicyclic) bond motifs is 1. The molecule has 3 rings (SSSR count). The molecule has 0 atom stereocenters. The molecule has 110 valence electrons. The molecule has 1 N–H and O–H groups in total. The molecule has 0 bridgehead atoms. The van der Waals surface area contributed by atoms with Crippen molar-refractivity contribution in [3.8, 4) is 0 Å². The summed E-state index contributed by atoms with van der Waals surface area (Å²) in [5.41, 5.74) is 4.40. The molecular formula is C18H20BrNS. The molecule has 0 saturated heterocycles. The molecule has 3 heteroatoms. The summed E-state index contributed by atoms with van der Waals surface area (Å²) in [7, 11) is 0. The predicted molar refractivity (Wildman–Crippen MR) is 94.1 cm³/mol. The van der Waals surface area contributed by atoms with Crippen LogP contribution in [0.5, 0.6) is 0 Å². The van der Waals surface area contributed by atoms with E-state index in [4.69, 9.17) is 0 Å². The highest BCUT2D eigenvalue weighted by molar-refractivity contribution is 9.10. The van der Waals surface area contributed by atoms with Gasteiger partial charge in [0.25, 0.3) is 0 Å². The molecule has 2 aromatic carbocycles. The number of halogens is 1. The Morgan fingerprint density at radius 3 is 2.76 bits per heavy atom. The molecule has 21 heavy (non-hydrogen) atoms. The Bertz CT molecular complexity index is 639. The maximum atomic E-state index is 3.71. The number of nitrogens with one attached hydrogen (secondary N) is 1. The average Bonchev–Trinajstić information content (AvgIpc) is 2.95. The van der Waals surface area contributed by atoms with E-state index in [1.165, 1.54) is 39.1 Å². The van der Waals surface area contributed by atoms with Crippen molar-refractivity contribution in [3.05, 3.63) is 57.6 Å². The molecular weight excluding hydrogens is 342 g/mol. The SMILES string of the molecule is CCNCc1ccc(Sc2ccc3c(c2)CCC3)c(Br)c1. The van der Waals surface area contributed by atoms with Crippen LogP contribution in [-0.2, 0) is 19.4 Å². The van der Waals surface area contributed by atoms with Gasteiger partial charge in [0.15, 0.2) is 0 Å². The van der Waals surface area contributed by atoms with Gasteiger partial charge in [0, 0.05) is 20.8 Å². The van der Waals surface area contributed by atoms with E-state index < -0.39 is 0 Å². The van der Waals surface area contributed by atoms with Gasteiger partial charge < -0.3 is 5.32 Å². The topological polar surface area (TPSA) is 12.0 Å². The van der Waals surface area contributed by atoms with Crippen molar-refractivity contribution in [1.82, 2.24) is 5.32 Å². The molecule has 0 amide bonds. The van der Waals surface area contributed by atoms with Crippen LogP contribution in [0, 0.1) is 0 Å². The number of aryl methyl sites for hydroxylation is 2. The van der Waals surface area contributed by atoms with Crippen molar-refractivity contribution in [2.24, 2.45) is 0 Å². The minimum atomic E-state index is 0.929. The predicted octanol–water partition coefficient (Wildman–Crippen LogP) is 5.20. The third-order valence-corrected chi connectivity index (χ3v) is 5.86. The van der Waals surface area contributed by atoms with E-state index in [9.17, 15) is 0 Å². The van der Waals surface area contributed by atoms with E-state index >= 15 is 0 Å². The molecule has 0 radical (unpaired) electrons.